The molecule has 0 unspecified atom stereocenters. The fraction of sp³-hybridized carbons (Fsp3) is 0. The third-order valence-electron chi connectivity index (χ3n) is 7.72. The molecule has 0 bridgehead atoms. The van der Waals surface area contributed by atoms with E-state index in [1.807, 2.05) is 152 Å². The van der Waals surface area contributed by atoms with E-state index in [-0.39, 0.29) is 11.5 Å². The molecule has 222 valence electrons. The molecule has 1 heterocycles. The largest absolute Gasteiger partial charge is 0.507 e. The fourth-order valence-corrected chi connectivity index (χ4v) is 7.47. The number of aromatic hydroxyl groups is 2. The first-order chi connectivity index (χ1) is 22.7. The van der Waals surface area contributed by atoms with Gasteiger partial charge in [-0.3, -0.25) is 0 Å². The van der Waals surface area contributed by atoms with Crippen molar-refractivity contribution in [3.8, 4) is 56.0 Å². The summed E-state index contributed by atoms with van der Waals surface area (Å²) in [5.74, 6) is 0.519. The van der Waals surface area contributed by atoms with E-state index in [2.05, 4.69) is 12.1 Å². The molecule has 0 aliphatic heterocycles. The normalized spacial score (nSPS) is 11.0. The number of hydrogen-bond donors (Lipinski definition) is 2. The van der Waals surface area contributed by atoms with E-state index in [1.54, 1.807) is 23.5 Å². The van der Waals surface area contributed by atoms with Gasteiger partial charge in [-0.25, -0.2) is 4.98 Å². The van der Waals surface area contributed by atoms with Gasteiger partial charge in [-0.05, 0) is 46.5 Å². The zero-order chi connectivity index (χ0) is 31.3. The van der Waals surface area contributed by atoms with E-state index in [9.17, 15) is 10.2 Å². The Morgan fingerprint density at radius 1 is 0.326 bits per heavy atom. The van der Waals surface area contributed by atoms with Crippen molar-refractivity contribution >= 4 is 23.5 Å². The summed E-state index contributed by atoms with van der Waals surface area (Å²) in [5.41, 5.74) is 6.99. The first-order valence-corrected chi connectivity index (χ1v) is 16.6. The summed E-state index contributed by atoms with van der Waals surface area (Å²) < 4.78 is 0. The highest BCUT2D eigenvalue weighted by molar-refractivity contribution is 8.00. The van der Waals surface area contributed by atoms with Gasteiger partial charge in [-0.2, -0.15) is 0 Å². The number of rotatable bonds is 8. The van der Waals surface area contributed by atoms with E-state index in [0.29, 0.717) is 0 Å². The molecule has 6 aromatic carbocycles. The second-order valence-corrected chi connectivity index (χ2v) is 12.8. The first-order valence-electron chi connectivity index (χ1n) is 14.9. The van der Waals surface area contributed by atoms with Crippen molar-refractivity contribution < 1.29 is 10.2 Å². The van der Waals surface area contributed by atoms with Gasteiger partial charge in [0.2, 0.25) is 0 Å². The van der Waals surface area contributed by atoms with Gasteiger partial charge in [-0.1, -0.05) is 163 Å². The lowest BCUT2D eigenvalue weighted by Crippen LogP contribution is -1.89. The SMILES string of the molecule is Oc1c(-c2ccccc2)cccc1-c1ccccc1Sc1cccc(Sc2ccccc2-c2cccc(-c3ccccc3)c2O)n1. The Kier molecular flexibility index (Phi) is 8.59. The molecule has 0 saturated carbocycles. The van der Waals surface area contributed by atoms with Crippen LogP contribution < -0.4 is 0 Å². The molecule has 7 rings (SSSR count). The summed E-state index contributed by atoms with van der Waals surface area (Å²) >= 11 is 3.14. The van der Waals surface area contributed by atoms with Crippen molar-refractivity contribution in [3.05, 3.63) is 164 Å². The summed E-state index contributed by atoms with van der Waals surface area (Å²) in [4.78, 5) is 7.01. The maximum atomic E-state index is 11.4. The van der Waals surface area contributed by atoms with E-state index >= 15 is 0 Å². The number of nitrogens with zero attached hydrogens (tertiary/aromatic N) is 1. The summed E-state index contributed by atoms with van der Waals surface area (Å²) in [6.07, 6.45) is 0. The average molecular weight is 632 g/mol. The van der Waals surface area contributed by atoms with Crippen LogP contribution in [0.25, 0.3) is 44.5 Å². The van der Waals surface area contributed by atoms with Crippen LogP contribution in [0.4, 0.5) is 0 Å². The smallest absolute Gasteiger partial charge is 0.131 e. The van der Waals surface area contributed by atoms with Crippen molar-refractivity contribution in [2.24, 2.45) is 0 Å². The van der Waals surface area contributed by atoms with Gasteiger partial charge in [0, 0.05) is 32.0 Å². The van der Waals surface area contributed by atoms with Crippen molar-refractivity contribution in [1.82, 2.24) is 4.98 Å². The van der Waals surface area contributed by atoms with Crippen molar-refractivity contribution in [1.29, 1.82) is 0 Å². The molecule has 3 nitrogen and oxygen atoms in total. The highest BCUT2D eigenvalue weighted by Crippen LogP contribution is 2.45. The number of aromatic nitrogens is 1. The molecule has 46 heavy (non-hydrogen) atoms. The summed E-state index contributed by atoms with van der Waals surface area (Å²) in [7, 11) is 0. The Labute approximate surface area is 277 Å². The molecular weight excluding hydrogens is 603 g/mol. The van der Waals surface area contributed by atoms with Gasteiger partial charge < -0.3 is 10.2 Å². The van der Waals surface area contributed by atoms with Crippen LogP contribution in [0.2, 0.25) is 0 Å². The Morgan fingerprint density at radius 2 is 0.674 bits per heavy atom. The van der Waals surface area contributed by atoms with Crippen molar-refractivity contribution in [3.63, 3.8) is 0 Å². The molecule has 5 heteroatoms. The van der Waals surface area contributed by atoms with Gasteiger partial charge in [0.05, 0.1) is 0 Å². The van der Waals surface area contributed by atoms with Gasteiger partial charge in [0.25, 0.3) is 0 Å². The van der Waals surface area contributed by atoms with Crippen LogP contribution in [0.3, 0.4) is 0 Å². The Hall–Kier alpha value is -5.23. The Bertz CT molecular complexity index is 1980. The minimum Gasteiger partial charge on any atom is -0.507 e. The van der Waals surface area contributed by atoms with Gasteiger partial charge in [0.15, 0.2) is 0 Å². The average Bonchev–Trinajstić information content (AvgIpc) is 3.10. The number of benzene rings is 6. The molecule has 0 radical (unpaired) electrons. The second-order valence-electron chi connectivity index (χ2n) is 10.6. The van der Waals surface area contributed by atoms with E-state index in [1.165, 1.54) is 0 Å². The summed E-state index contributed by atoms with van der Waals surface area (Å²) in [6, 6.07) is 53.9. The molecular formula is C41H29NO2S2. The lowest BCUT2D eigenvalue weighted by atomic mass is 9.97. The number of phenolic OH excluding ortho intramolecular Hbond substituents is 2. The van der Waals surface area contributed by atoms with Crippen LogP contribution in [-0.2, 0) is 0 Å². The zero-order valence-corrected chi connectivity index (χ0v) is 26.4. The van der Waals surface area contributed by atoms with Crippen LogP contribution in [-0.4, -0.2) is 15.2 Å². The Balaban J connectivity index is 1.18. The molecule has 0 aliphatic carbocycles. The van der Waals surface area contributed by atoms with Crippen LogP contribution >= 0.6 is 23.5 Å². The van der Waals surface area contributed by atoms with Crippen LogP contribution in [0, 0.1) is 0 Å². The maximum absolute atomic E-state index is 11.4. The highest BCUT2D eigenvalue weighted by Gasteiger charge is 2.17. The van der Waals surface area contributed by atoms with Crippen molar-refractivity contribution in [2.75, 3.05) is 0 Å². The molecule has 2 N–H and O–H groups in total. The van der Waals surface area contributed by atoms with E-state index in [4.69, 9.17) is 4.98 Å². The predicted octanol–water partition coefficient (Wildman–Crippen LogP) is 11.5. The summed E-state index contributed by atoms with van der Waals surface area (Å²) in [5, 5.41) is 24.4. The molecule has 0 saturated heterocycles. The monoisotopic (exact) mass is 631 g/mol. The molecule has 0 fully saturated rings. The van der Waals surface area contributed by atoms with Gasteiger partial charge >= 0.3 is 0 Å². The standard InChI is InChI=1S/C41H29NO2S2/c43-40-30(28-14-3-1-4-15-28)20-11-22-34(40)32-18-7-9-24-36(32)45-38-26-13-27-39(42-38)46-37-25-10-8-19-33(37)35-23-12-21-31(41(35)44)29-16-5-2-6-17-29/h1-27,43-44H. The number of para-hydroxylation sites is 2. The fourth-order valence-electron chi connectivity index (χ4n) is 5.51. The number of pyridine rings is 1. The highest BCUT2D eigenvalue weighted by atomic mass is 32.2. The molecule has 1 aromatic heterocycles. The number of hydrogen-bond acceptors (Lipinski definition) is 5. The van der Waals surface area contributed by atoms with E-state index in [0.717, 1.165) is 64.4 Å². The van der Waals surface area contributed by atoms with Crippen LogP contribution in [0.1, 0.15) is 0 Å². The van der Waals surface area contributed by atoms with E-state index < -0.39 is 0 Å². The molecule has 0 amide bonds. The quantitative estimate of drug-likeness (QED) is 0.175. The van der Waals surface area contributed by atoms with Crippen molar-refractivity contribution in [2.45, 2.75) is 19.8 Å². The minimum absolute atomic E-state index is 0.259. The minimum atomic E-state index is 0.259. The Morgan fingerprint density at radius 3 is 1.13 bits per heavy atom. The molecule has 0 aliphatic rings. The topological polar surface area (TPSA) is 53.4 Å². The third-order valence-corrected chi connectivity index (χ3v) is 9.75. The lowest BCUT2D eigenvalue weighted by Gasteiger charge is -2.15. The zero-order valence-electron chi connectivity index (χ0n) is 24.7. The molecule has 7 aromatic rings. The van der Waals surface area contributed by atoms with Gasteiger partial charge in [0.1, 0.15) is 21.6 Å². The molecule has 0 atom stereocenters. The second kappa shape index (κ2) is 13.4. The van der Waals surface area contributed by atoms with Gasteiger partial charge in [-0.15, -0.1) is 0 Å². The number of phenols is 2. The maximum Gasteiger partial charge on any atom is 0.131 e. The predicted molar refractivity (Wildman–Crippen MR) is 190 cm³/mol. The van der Waals surface area contributed by atoms with Crippen LogP contribution in [0.15, 0.2) is 184 Å². The third kappa shape index (κ3) is 6.16. The first kappa shape index (κ1) is 29.5. The summed E-state index contributed by atoms with van der Waals surface area (Å²) in [6.45, 7) is 0. The van der Waals surface area contributed by atoms with Crippen LogP contribution in [0.5, 0.6) is 11.5 Å². The molecule has 0 spiro atoms. The lowest BCUT2D eigenvalue weighted by molar-refractivity contribution is 0.478.